The molecule has 0 aliphatic carbocycles. The van der Waals surface area contributed by atoms with Gasteiger partial charge in [0.1, 0.15) is 0 Å². The zero-order valence-electron chi connectivity index (χ0n) is 11.9. The quantitative estimate of drug-likeness (QED) is 0.665. The molecular formula is C15H22ClN3. The Labute approximate surface area is 120 Å². The van der Waals surface area contributed by atoms with E-state index in [0.717, 1.165) is 29.6 Å². The highest BCUT2D eigenvalue weighted by Crippen LogP contribution is 2.28. The number of likely N-dealkylation sites (tertiary alicyclic amines) is 1. The predicted octanol–water partition coefficient (Wildman–Crippen LogP) is 3.15. The van der Waals surface area contributed by atoms with Crippen LogP contribution < -0.4 is 5.32 Å². The van der Waals surface area contributed by atoms with Gasteiger partial charge in [0.15, 0.2) is 5.96 Å². The summed E-state index contributed by atoms with van der Waals surface area (Å²) in [6.45, 7) is 7.43. The smallest absolute Gasteiger partial charge is 0.193 e. The van der Waals surface area contributed by atoms with Crippen molar-refractivity contribution in [2.75, 3.05) is 20.1 Å². The van der Waals surface area contributed by atoms with Crippen molar-refractivity contribution in [1.29, 1.82) is 0 Å². The lowest BCUT2D eigenvalue weighted by Crippen LogP contribution is -2.40. The summed E-state index contributed by atoms with van der Waals surface area (Å²) in [5.74, 6) is 0.963. The molecule has 1 heterocycles. The lowest BCUT2D eigenvalue weighted by atomic mass is 9.93. The van der Waals surface area contributed by atoms with Gasteiger partial charge in [0.05, 0.1) is 0 Å². The van der Waals surface area contributed by atoms with Crippen LogP contribution in [0.15, 0.2) is 29.3 Å². The minimum Gasteiger partial charge on any atom is -0.352 e. The van der Waals surface area contributed by atoms with E-state index in [2.05, 4.69) is 29.1 Å². The van der Waals surface area contributed by atoms with Crippen LogP contribution >= 0.6 is 11.6 Å². The standard InChI is InChI=1S/C15H22ClN3/c1-15(2)8-9-19(11-15)14(17-3)18-10-12-6-4-5-7-13(12)16/h4-7H,8-11H2,1-3H3,(H,17,18). The summed E-state index contributed by atoms with van der Waals surface area (Å²) in [4.78, 5) is 6.69. The SMILES string of the molecule is CN=C(NCc1ccccc1Cl)N1CCC(C)(C)C1. The molecule has 1 aromatic rings. The Morgan fingerprint density at radius 3 is 2.74 bits per heavy atom. The summed E-state index contributed by atoms with van der Waals surface area (Å²) >= 11 is 6.16. The fourth-order valence-electron chi connectivity index (χ4n) is 2.44. The van der Waals surface area contributed by atoms with E-state index in [1.807, 2.05) is 31.3 Å². The molecule has 0 bridgehead atoms. The second-order valence-electron chi connectivity index (χ2n) is 5.83. The van der Waals surface area contributed by atoms with Crippen molar-refractivity contribution in [3.63, 3.8) is 0 Å². The van der Waals surface area contributed by atoms with Gasteiger partial charge in [0.2, 0.25) is 0 Å². The first kappa shape index (κ1) is 14.2. The molecule has 1 aliphatic rings. The van der Waals surface area contributed by atoms with Crippen LogP contribution in [-0.4, -0.2) is 31.0 Å². The van der Waals surface area contributed by atoms with Crippen molar-refractivity contribution in [2.24, 2.45) is 10.4 Å². The molecule has 0 unspecified atom stereocenters. The van der Waals surface area contributed by atoms with Crippen LogP contribution in [0.1, 0.15) is 25.8 Å². The molecule has 0 amide bonds. The van der Waals surface area contributed by atoms with Gasteiger partial charge in [-0.1, -0.05) is 43.6 Å². The molecule has 0 atom stereocenters. The summed E-state index contributed by atoms with van der Waals surface area (Å²) in [5, 5.41) is 4.20. The molecule has 19 heavy (non-hydrogen) atoms. The van der Waals surface area contributed by atoms with Crippen molar-refractivity contribution in [3.05, 3.63) is 34.9 Å². The number of nitrogens with one attached hydrogen (secondary N) is 1. The second kappa shape index (κ2) is 5.83. The van der Waals surface area contributed by atoms with E-state index in [9.17, 15) is 0 Å². The highest BCUT2D eigenvalue weighted by molar-refractivity contribution is 6.31. The number of nitrogens with zero attached hydrogens (tertiary/aromatic N) is 2. The fraction of sp³-hybridized carbons (Fsp3) is 0.533. The van der Waals surface area contributed by atoms with Gasteiger partial charge in [-0.25, -0.2) is 0 Å². The predicted molar refractivity (Wildman–Crippen MR) is 81.6 cm³/mol. The highest BCUT2D eigenvalue weighted by atomic mass is 35.5. The van der Waals surface area contributed by atoms with Crippen LogP contribution in [0.5, 0.6) is 0 Å². The maximum atomic E-state index is 6.16. The second-order valence-corrected chi connectivity index (χ2v) is 6.24. The zero-order valence-corrected chi connectivity index (χ0v) is 12.7. The molecule has 4 heteroatoms. The van der Waals surface area contributed by atoms with Crippen LogP contribution in [-0.2, 0) is 6.54 Å². The molecule has 0 spiro atoms. The van der Waals surface area contributed by atoms with E-state index in [0.29, 0.717) is 12.0 Å². The van der Waals surface area contributed by atoms with Crippen molar-refractivity contribution >= 4 is 17.6 Å². The molecule has 1 N–H and O–H groups in total. The Morgan fingerprint density at radius 1 is 1.42 bits per heavy atom. The van der Waals surface area contributed by atoms with Gasteiger partial charge in [-0.3, -0.25) is 4.99 Å². The summed E-state index contributed by atoms with van der Waals surface area (Å²) < 4.78 is 0. The van der Waals surface area contributed by atoms with Gasteiger partial charge < -0.3 is 10.2 Å². The summed E-state index contributed by atoms with van der Waals surface area (Å²) in [6, 6.07) is 7.91. The number of halogens is 1. The van der Waals surface area contributed by atoms with E-state index in [1.54, 1.807) is 0 Å². The molecule has 1 saturated heterocycles. The van der Waals surface area contributed by atoms with Crippen LogP contribution in [0.2, 0.25) is 5.02 Å². The average Bonchev–Trinajstić information content (AvgIpc) is 2.73. The number of hydrogen-bond donors (Lipinski definition) is 1. The highest BCUT2D eigenvalue weighted by Gasteiger charge is 2.30. The summed E-state index contributed by atoms with van der Waals surface area (Å²) in [7, 11) is 1.83. The Bertz CT molecular complexity index is 468. The number of benzene rings is 1. The van der Waals surface area contributed by atoms with Gasteiger partial charge in [0, 0.05) is 31.7 Å². The molecule has 1 aliphatic heterocycles. The number of hydrogen-bond acceptors (Lipinski definition) is 1. The minimum atomic E-state index is 0.377. The number of rotatable bonds is 2. The van der Waals surface area contributed by atoms with Gasteiger partial charge >= 0.3 is 0 Å². The molecule has 0 saturated carbocycles. The molecule has 1 aromatic carbocycles. The van der Waals surface area contributed by atoms with Crippen LogP contribution in [0.25, 0.3) is 0 Å². The maximum absolute atomic E-state index is 6.16. The normalized spacial score (nSPS) is 18.7. The minimum absolute atomic E-state index is 0.377. The van der Waals surface area contributed by atoms with Crippen molar-refractivity contribution in [3.8, 4) is 0 Å². The summed E-state index contributed by atoms with van der Waals surface area (Å²) in [5.41, 5.74) is 1.48. The largest absolute Gasteiger partial charge is 0.352 e. The van der Waals surface area contributed by atoms with Crippen molar-refractivity contribution in [1.82, 2.24) is 10.2 Å². The zero-order chi connectivity index (χ0) is 13.9. The van der Waals surface area contributed by atoms with Gasteiger partial charge in [0.25, 0.3) is 0 Å². The molecule has 0 radical (unpaired) electrons. The molecular weight excluding hydrogens is 258 g/mol. The number of aliphatic imine (C=N–C) groups is 1. The fourth-order valence-corrected chi connectivity index (χ4v) is 2.64. The van der Waals surface area contributed by atoms with Crippen LogP contribution in [0, 0.1) is 5.41 Å². The molecule has 104 valence electrons. The van der Waals surface area contributed by atoms with Crippen molar-refractivity contribution < 1.29 is 0 Å². The first-order valence-electron chi connectivity index (χ1n) is 6.71. The Hall–Kier alpha value is -1.22. The van der Waals surface area contributed by atoms with Crippen molar-refractivity contribution in [2.45, 2.75) is 26.8 Å². The first-order valence-corrected chi connectivity index (χ1v) is 7.09. The van der Waals surface area contributed by atoms with E-state index >= 15 is 0 Å². The van der Waals surface area contributed by atoms with Gasteiger partial charge in [-0.05, 0) is 23.5 Å². The Kier molecular flexibility index (Phi) is 4.35. The Balaban J connectivity index is 1.96. The third-order valence-electron chi connectivity index (χ3n) is 3.58. The van der Waals surface area contributed by atoms with Gasteiger partial charge in [-0.2, -0.15) is 0 Å². The monoisotopic (exact) mass is 279 g/mol. The number of guanidine groups is 1. The van der Waals surface area contributed by atoms with Crippen LogP contribution in [0.3, 0.4) is 0 Å². The van der Waals surface area contributed by atoms with E-state index in [1.165, 1.54) is 6.42 Å². The molecule has 2 rings (SSSR count). The lowest BCUT2D eigenvalue weighted by Gasteiger charge is -2.23. The van der Waals surface area contributed by atoms with Crippen LogP contribution in [0.4, 0.5) is 0 Å². The maximum Gasteiger partial charge on any atom is 0.193 e. The van der Waals surface area contributed by atoms with E-state index in [-0.39, 0.29) is 0 Å². The Morgan fingerprint density at radius 2 is 2.16 bits per heavy atom. The van der Waals surface area contributed by atoms with E-state index < -0.39 is 0 Å². The third-order valence-corrected chi connectivity index (χ3v) is 3.95. The topological polar surface area (TPSA) is 27.6 Å². The molecule has 3 nitrogen and oxygen atoms in total. The molecule has 1 fully saturated rings. The average molecular weight is 280 g/mol. The third kappa shape index (κ3) is 3.63. The van der Waals surface area contributed by atoms with E-state index in [4.69, 9.17) is 11.6 Å². The molecule has 0 aromatic heterocycles. The first-order chi connectivity index (χ1) is 9.02. The lowest BCUT2D eigenvalue weighted by molar-refractivity contribution is 0.370. The van der Waals surface area contributed by atoms with Gasteiger partial charge in [-0.15, -0.1) is 0 Å². The summed E-state index contributed by atoms with van der Waals surface area (Å²) in [6.07, 6.45) is 1.21.